The van der Waals surface area contributed by atoms with Gasteiger partial charge in [0.1, 0.15) is 5.52 Å². The molecule has 3 rings (SSSR count). The molecule has 0 aliphatic rings. The minimum Gasteiger partial charge on any atom is -0.382 e. The molecule has 100 valence electrons. The first-order chi connectivity index (χ1) is 9.65. The van der Waals surface area contributed by atoms with E-state index >= 15 is 0 Å². The van der Waals surface area contributed by atoms with E-state index in [4.69, 9.17) is 5.73 Å². The van der Waals surface area contributed by atoms with Crippen molar-refractivity contribution in [2.45, 2.75) is 20.3 Å². The highest BCUT2D eigenvalue weighted by Crippen LogP contribution is 2.26. The second-order valence-corrected chi connectivity index (χ2v) is 5.23. The average Bonchev–Trinajstić information content (AvgIpc) is 2.45. The van der Waals surface area contributed by atoms with Crippen LogP contribution in [0.15, 0.2) is 48.2 Å². The molecule has 0 spiro atoms. The third kappa shape index (κ3) is 2.23. The fourth-order valence-corrected chi connectivity index (χ4v) is 2.36. The summed E-state index contributed by atoms with van der Waals surface area (Å²) < 4.78 is 0. The van der Waals surface area contributed by atoms with E-state index in [2.05, 4.69) is 48.1 Å². The van der Waals surface area contributed by atoms with Gasteiger partial charge in [0.25, 0.3) is 0 Å². The van der Waals surface area contributed by atoms with E-state index < -0.39 is 0 Å². The third-order valence-corrected chi connectivity index (χ3v) is 3.39. The monoisotopic (exact) mass is 263 g/mol. The molecule has 2 N–H and O–H groups in total. The number of hydrogen-bond donors (Lipinski definition) is 1. The Bertz CT molecular complexity index is 815. The van der Waals surface area contributed by atoms with Crippen LogP contribution in [0.25, 0.3) is 21.8 Å². The Morgan fingerprint density at radius 2 is 2.05 bits per heavy atom. The zero-order chi connectivity index (χ0) is 14.1. The van der Waals surface area contributed by atoms with E-state index in [-0.39, 0.29) is 0 Å². The molecule has 0 fully saturated rings. The highest BCUT2D eigenvalue weighted by atomic mass is 14.9. The minimum atomic E-state index is 0.493. The lowest BCUT2D eigenvalue weighted by molar-refractivity contribution is 1.22. The summed E-state index contributed by atoms with van der Waals surface area (Å²) >= 11 is 0. The van der Waals surface area contributed by atoms with Gasteiger partial charge in [-0.25, -0.2) is 4.98 Å². The van der Waals surface area contributed by atoms with Gasteiger partial charge >= 0.3 is 0 Å². The third-order valence-electron chi connectivity index (χ3n) is 3.39. The number of anilines is 1. The van der Waals surface area contributed by atoms with E-state index in [0.29, 0.717) is 5.82 Å². The van der Waals surface area contributed by atoms with Gasteiger partial charge in [-0.1, -0.05) is 29.8 Å². The number of rotatable bonds is 2. The van der Waals surface area contributed by atoms with Crippen LogP contribution in [0, 0.1) is 0 Å². The Hall–Kier alpha value is -2.42. The predicted molar refractivity (Wildman–Crippen MR) is 84.6 cm³/mol. The minimum absolute atomic E-state index is 0.493. The molecule has 2 aromatic heterocycles. The molecular weight excluding hydrogens is 246 g/mol. The lowest BCUT2D eigenvalue weighted by Gasteiger charge is -2.07. The van der Waals surface area contributed by atoms with Crippen LogP contribution in [0.4, 0.5) is 5.82 Å². The van der Waals surface area contributed by atoms with E-state index in [1.807, 2.05) is 12.1 Å². The molecule has 20 heavy (non-hydrogen) atoms. The normalized spacial score (nSPS) is 10.9. The van der Waals surface area contributed by atoms with Gasteiger partial charge in [0.2, 0.25) is 0 Å². The summed E-state index contributed by atoms with van der Waals surface area (Å²) in [5.41, 5.74) is 10.3. The van der Waals surface area contributed by atoms with Crippen molar-refractivity contribution in [3.05, 3.63) is 53.7 Å². The second-order valence-electron chi connectivity index (χ2n) is 5.23. The van der Waals surface area contributed by atoms with E-state index in [1.54, 1.807) is 6.20 Å². The molecule has 0 radical (unpaired) electrons. The molecular formula is C17H17N3. The van der Waals surface area contributed by atoms with Crippen LogP contribution >= 0.6 is 0 Å². The molecule has 0 aliphatic carbocycles. The highest BCUT2D eigenvalue weighted by Gasteiger charge is 2.07. The maximum Gasteiger partial charge on any atom is 0.150 e. The number of aromatic nitrogens is 2. The van der Waals surface area contributed by atoms with Crippen molar-refractivity contribution < 1.29 is 0 Å². The number of hydrogen-bond acceptors (Lipinski definition) is 3. The van der Waals surface area contributed by atoms with Crippen molar-refractivity contribution in [1.82, 2.24) is 9.97 Å². The standard InChI is InChI=1S/C17H17N3/c1-11(2)5-6-12-7-8-13-14-4-3-9-19-16(14)17(18)20-15(13)10-12/h3-5,7-10H,6H2,1-2H3,(H2,18,20). The maximum absolute atomic E-state index is 6.01. The summed E-state index contributed by atoms with van der Waals surface area (Å²) in [5, 5.41) is 2.16. The lowest BCUT2D eigenvalue weighted by atomic mass is 10.0. The van der Waals surface area contributed by atoms with E-state index in [0.717, 1.165) is 28.2 Å². The van der Waals surface area contributed by atoms with Gasteiger partial charge in [-0.05, 0) is 38.0 Å². The molecule has 0 atom stereocenters. The van der Waals surface area contributed by atoms with Crippen molar-refractivity contribution in [3.8, 4) is 0 Å². The molecule has 0 unspecified atom stereocenters. The van der Waals surface area contributed by atoms with Crippen LogP contribution in [0.2, 0.25) is 0 Å². The van der Waals surface area contributed by atoms with E-state index in [1.165, 1.54) is 11.1 Å². The fraction of sp³-hybridized carbons (Fsp3) is 0.176. The Morgan fingerprint density at radius 3 is 2.85 bits per heavy atom. The van der Waals surface area contributed by atoms with Gasteiger partial charge in [-0.2, -0.15) is 0 Å². The largest absolute Gasteiger partial charge is 0.382 e. The van der Waals surface area contributed by atoms with Crippen molar-refractivity contribution in [3.63, 3.8) is 0 Å². The Morgan fingerprint density at radius 1 is 1.20 bits per heavy atom. The van der Waals surface area contributed by atoms with Crippen LogP contribution in [0.5, 0.6) is 0 Å². The molecule has 0 bridgehead atoms. The maximum atomic E-state index is 6.01. The zero-order valence-corrected chi connectivity index (χ0v) is 11.7. The van der Waals surface area contributed by atoms with Gasteiger partial charge in [-0.15, -0.1) is 0 Å². The summed E-state index contributed by atoms with van der Waals surface area (Å²) in [5.74, 6) is 0.493. The van der Waals surface area contributed by atoms with Crippen molar-refractivity contribution in [2.24, 2.45) is 0 Å². The molecule has 2 heterocycles. The van der Waals surface area contributed by atoms with Crippen LogP contribution in [-0.2, 0) is 6.42 Å². The van der Waals surface area contributed by atoms with Crippen LogP contribution in [0.3, 0.4) is 0 Å². The molecule has 3 nitrogen and oxygen atoms in total. The van der Waals surface area contributed by atoms with Gasteiger partial charge in [0, 0.05) is 17.0 Å². The van der Waals surface area contributed by atoms with Gasteiger partial charge in [-0.3, -0.25) is 4.98 Å². The molecule has 3 aromatic rings. The summed E-state index contributed by atoms with van der Waals surface area (Å²) in [4.78, 5) is 8.80. The molecule has 0 saturated carbocycles. The second kappa shape index (κ2) is 4.93. The zero-order valence-electron chi connectivity index (χ0n) is 11.7. The lowest BCUT2D eigenvalue weighted by Crippen LogP contribution is -1.95. The summed E-state index contributed by atoms with van der Waals surface area (Å²) in [6.45, 7) is 4.22. The predicted octanol–water partition coefficient (Wildman–Crippen LogP) is 3.87. The fourth-order valence-electron chi connectivity index (χ4n) is 2.36. The van der Waals surface area contributed by atoms with Crippen molar-refractivity contribution >= 4 is 27.6 Å². The number of nitrogen functional groups attached to an aromatic ring is 1. The first-order valence-corrected chi connectivity index (χ1v) is 6.71. The quantitative estimate of drug-likeness (QED) is 0.564. The van der Waals surface area contributed by atoms with Crippen LogP contribution in [0.1, 0.15) is 19.4 Å². The van der Waals surface area contributed by atoms with Gasteiger partial charge < -0.3 is 5.73 Å². The highest BCUT2D eigenvalue weighted by molar-refractivity contribution is 6.07. The SMILES string of the molecule is CC(C)=CCc1ccc2c(c1)nc(N)c1ncccc12. The average molecular weight is 263 g/mol. The molecule has 1 aromatic carbocycles. The van der Waals surface area contributed by atoms with Crippen LogP contribution < -0.4 is 5.73 Å². The van der Waals surface area contributed by atoms with Gasteiger partial charge in [0.05, 0.1) is 5.52 Å². The summed E-state index contributed by atoms with van der Waals surface area (Å²) in [6, 6.07) is 10.3. The number of nitrogens with zero attached hydrogens (tertiary/aromatic N) is 2. The Kier molecular flexibility index (Phi) is 3.11. The molecule has 0 aliphatic heterocycles. The smallest absolute Gasteiger partial charge is 0.150 e. The van der Waals surface area contributed by atoms with Crippen molar-refractivity contribution in [2.75, 3.05) is 5.73 Å². The van der Waals surface area contributed by atoms with Crippen molar-refractivity contribution in [1.29, 1.82) is 0 Å². The Labute approximate surface area is 118 Å². The van der Waals surface area contributed by atoms with Crippen LogP contribution in [-0.4, -0.2) is 9.97 Å². The van der Waals surface area contributed by atoms with Gasteiger partial charge in [0.15, 0.2) is 5.82 Å². The molecule has 0 saturated heterocycles. The topological polar surface area (TPSA) is 51.8 Å². The first-order valence-electron chi connectivity index (χ1n) is 6.71. The summed E-state index contributed by atoms with van der Waals surface area (Å²) in [6.07, 6.45) is 4.88. The number of fused-ring (bicyclic) bond motifs is 3. The first kappa shape index (κ1) is 12.6. The number of pyridine rings is 2. The number of nitrogens with two attached hydrogens (primary N) is 1. The van der Waals surface area contributed by atoms with E-state index in [9.17, 15) is 0 Å². The molecule has 3 heteroatoms. The number of benzene rings is 1. The summed E-state index contributed by atoms with van der Waals surface area (Å²) in [7, 11) is 0. The molecule has 0 amide bonds. The Balaban J connectivity index is 2.20. The number of allylic oxidation sites excluding steroid dienone is 2.